The molecule has 2 aliphatic heterocycles. The van der Waals surface area contributed by atoms with E-state index in [1.165, 1.54) is 12.1 Å². The van der Waals surface area contributed by atoms with Crippen LogP contribution in [0.1, 0.15) is 0 Å². The van der Waals surface area contributed by atoms with E-state index >= 15 is 0 Å². The van der Waals surface area contributed by atoms with Crippen LogP contribution in [0.3, 0.4) is 0 Å². The number of nitrogens with zero attached hydrogens (tertiary/aromatic N) is 7. The number of ether oxygens (including phenoxy) is 2. The average Bonchev–Trinajstić information content (AvgIpc) is 3.53. The van der Waals surface area contributed by atoms with Crippen LogP contribution in [0.4, 0.5) is 45.2 Å². The van der Waals surface area contributed by atoms with Gasteiger partial charge >= 0.3 is 12.1 Å². The lowest BCUT2D eigenvalue weighted by Crippen LogP contribution is -2.37. The highest BCUT2D eigenvalue weighted by molar-refractivity contribution is 5.73. The fourth-order valence-corrected chi connectivity index (χ4v) is 4.46. The topological polar surface area (TPSA) is 131 Å². The molecule has 4 heterocycles. The van der Waals surface area contributed by atoms with E-state index < -0.39 is 23.8 Å². The number of hydrogen-bond acceptors (Lipinski definition) is 10. The summed E-state index contributed by atoms with van der Waals surface area (Å²) in [7, 11) is 0. The van der Waals surface area contributed by atoms with Crippen LogP contribution in [0.5, 0.6) is 0 Å². The number of alkyl halides is 3. The standard InChI is InChI=1S/C26H26F2N8O2.C2HF3O2/c27-19-13-18(14-22(15-19)34-5-9-37-10-6-34)24-23(28)16-29-25(32-24)31-20-1-3-21(4-2-20)36-17-30-26(33-36)35-7-11-38-12-8-35;3-2(4,5)1(6)7/h1-4,13-17H,5-12H2,(H,29,31,32);(H,6,7). The molecule has 4 aromatic rings. The molecule has 0 spiro atoms. The van der Waals surface area contributed by atoms with Crippen molar-refractivity contribution in [3.63, 3.8) is 0 Å². The Morgan fingerprint density at radius 3 is 2.11 bits per heavy atom. The van der Waals surface area contributed by atoms with Gasteiger partial charge in [0.1, 0.15) is 17.8 Å². The summed E-state index contributed by atoms with van der Waals surface area (Å²) in [5.41, 5.74) is 2.56. The second-order valence-electron chi connectivity index (χ2n) is 9.75. The summed E-state index contributed by atoms with van der Waals surface area (Å²) >= 11 is 0. The Bertz CT molecular complexity index is 1610. The molecule has 17 heteroatoms. The summed E-state index contributed by atoms with van der Waals surface area (Å²) in [6.07, 6.45) is -2.33. The molecule has 2 N–H and O–H groups in total. The van der Waals surface area contributed by atoms with Crippen LogP contribution in [-0.2, 0) is 14.3 Å². The van der Waals surface area contributed by atoms with Crippen molar-refractivity contribution in [3.8, 4) is 16.9 Å². The minimum Gasteiger partial charge on any atom is -0.475 e. The Hall–Kier alpha value is -4.90. The Balaban J connectivity index is 0.000000515. The van der Waals surface area contributed by atoms with Crippen molar-refractivity contribution in [1.29, 1.82) is 0 Å². The maximum Gasteiger partial charge on any atom is 0.490 e. The smallest absolute Gasteiger partial charge is 0.475 e. The van der Waals surface area contributed by atoms with E-state index in [4.69, 9.17) is 19.4 Å². The predicted molar refractivity (Wildman–Crippen MR) is 152 cm³/mol. The number of aliphatic carboxylic acids is 1. The van der Waals surface area contributed by atoms with E-state index in [0.29, 0.717) is 62.4 Å². The van der Waals surface area contributed by atoms with E-state index in [1.54, 1.807) is 17.1 Å². The number of benzene rings is 2. The van der Waals surface area contributed by atoms with Crippen molar-refractivity contribution in [2.24, 2.45) is 0 Å². The van der Waals surface area contributed by atoms with Crippen molar-refractivity contribution in [1.82, 2.24) is 24.7 Å². The molecule has 0 aliphatic carbocycles. The lowest BCUT2D eigenvalue weighted by molar-refractivity contribution is -0.192. The van der Waals surface area contributed by atoms with Crippen LogP contribution in [0, 0.1) is 11.6 Å². The highest BCUT2D eigenvalue weighted by Gasteiger charge is 2.38. The monoisotopic (exact) mass is 634 g/mol. The van der Waals surface area contributed by atoms with Crippen molar-refractivity contribution < 1.29 is 41.3 Å². The fourth-order valence-electron chi connectivity index (χ4n) is 4.46. The Labute approximate surface area is 253 Å². The molecule has 2 fully saturated rings. The van der Waals surface area contributed by atoms with Gasteiger partial charge in [-0.2, -0.15) is 18.2 Å². The molecule has 0 radical (unpaired) electrons. The third kappa shape index (κ3) is 8.18. The summed E-state index contributed by atoms with van der Waals surface area (Å²) < 4.78 is 73.4. The number of anilines is 4. The number of hydrogen-bond donors (Lipinski definition) is 2. The second-order valence-corrected chi connectivity index (χ2v) is 9.75. The van der Waals surface area contributed by atoms with Crippen molar-refractivity contribution in [2.45, 2.75) is 6.18 Å². The van der Waals surface area contributed by atoms with Gasteiger partial charge < -0.3 is 29.7 Å². The number of carboxylic acids is 1. The highest BCUT2D eigenvalue weighted by atomic mass is 19.4. The van der Waals surface area contributed by atoms with Crippen molar-refractivity contribution >= 4 is 29.2 Å². The largest absolute Gasteiger partial charge is 0.490 e. The van der Waals surface area contributed by atoms with Crippen LogP contribution < -0.4 is 15.1 Å². The third-order valence-electron chi connectivity index (χ3n) is 6.68. The van der Waals surface area contributed by atoms with E-state index in [2.05, 4.69) is 30.3 Å². The minimum absolute atomic E-state index is 0.0198. The molecule has 0 saturated carbocycles. The molecular weight excluding hydrogens is 607 g/mol. The molecule has 2 saturated heterocycles. The molecule has 0 atom stereocenters. The van der Waals surface area contributed by atoms with Gasteiger partial charge in [-0.1, -0.05) is 0 Å². The van der Waals surface area contributed by atoms with Gasteiger partial charge in [0, 0.05) is 43.1 Å². The lowest BCUT2D eigenvalue weighted by Gasteiger charge is -2.29. The number of morpholine rings is 2. The van der Waals surface area contributed by atoms with E-state index in [-0.39, 0.29) is 11.6 Å². The van der Waals surface area contributed by atoms with Crippen molar-refractivity contribution in [3.05, 3.63) is 66.6 Å². The average molecular weight is 635 g/mol. The van der Waals surface area contributed by atoms with Crippen LogP contribution >= 0.6 is 0 Å². The number of rotatable bonds is 6. The first-order valence-electron chi connectivity index (χ1n) is 13.6. The molecular formula is C28H27F5N8O4. The van der Waals surface area contributed by atoms with E-state index in [0.717, 1.165) is 25.0 Å². The molecule has 238 valence electrons. The van der Waals surface area contributed by atoms with Gasteiger partial charge in [0.15, 0.2) is 5.82 Å². The summed E-state index contributed by atoms with van der Waals surface area (Å²) in [5, 5.41) is 14.8. The van der Waals surface area contributed by atoms with Gasteiger partial charge in [-0.25, -0.2) is 28.2 Å². The third-order valence-corrected chi connectivity index (χ3v) is 6.68. The Morgan fingerprint density at radius 2 is 1.49 bits per heavy atom. The molecule has 2 aromatic heterocycles. The van der Waals surface area contributed by atoms with E-state index in [9.17, 15) is 22.0 Å². The fraction of sp³-hybridized carbons (Fsp3) is 0.321. The van der Waals surface area contributed by atoms with Crippen LogP contribution in [-0.4, -0.2) is 94.6 Å². The molecule has 12 nitrogen and oxygen atoms in total. The molecule has 0 unspecified atom stereocenters. The van der Waals surface area contributed by atoms with Crippen LogP contribution in [0.15, 0.2) is 55.0 Å². The maximum atomic E-state index is 14.7. The SMILES string of the molecule is Fc1cc(-c2nc(Nc3ccc(-n4cnc(N5CCOCC5)n4)cc3)ncc2F)cc(N2CCOCC2)c1.O=C(O)C(F)(F)F. The van der Waals surface area contributed by atoms with E-state index in [1.807, 2.05) is 29.2 Å². The number of carbonyl (C=O) groups is 1. The van der Waals surface area contributed by atoms with Gasteiger partial charge in [-0.3, -0.25) is 0 Å². The number of nitrogens with one attached hydrogen (secondary N) is 1. The summed E-state index contributed by atoms with van der Waals surface area (Å²) in [6, 6.07) is 11.9. The number of halogens is 5. The number of carboxylic acid groups (broad SMARTS) is 1. The maximum absolute atomic E-state index is 14.7. The van der Waals surface area contributed by atoms with Crippen LogP contribution in [0.2, 0.25) is 0 Å². The first-order valence-corrected chi connectivity index (χ1v) is 13.6. The summed E-state index contributed by atoms with van der Waals surface area (Å²) in [5.74, 6) is -2.99. The molecule has 0 amide bonds. The van der Waals surface area contributed by atoms with Gasteiger partial charge in [0.25, 0.3) is 0 Å². The predicted octanol–water partition coefficient (Wildman–Crippen LogP) is 4.05. The zero-order valence-corrected chi connectivity index (χ0v) is 23.5. The first kappa shape index (κ1) is 31.5. The first-order chi connectivity index (χ1) is 21.6. The minimum atomic E-state index is -5.08. The van der Waals surface area contributed by atoms with Crippen molar-refractivity contribution in [2.75, 3.05) is 67.7 Å². The Morgan fingerprint density at radius 1 is 0.867 bits per heavy atom. The lowest BCUT2D eigenvalue weighted by atomic mass is 10.1. The number of aromatic nitrogens is 5. The van der Waals surface area contributed by atoms with Crippen LogP contribution in [0.25, 0.3) is 16.9 Å². The molecule has 0 bridgehead atoms. The normalized spacial score (nSPS) is 15.3. The van der Waals surface area contributed by atoms with Gasteiger partial charge in [-0.15, -0.1) is 5.10 Å². The Kier molecular flexibility index (Phi) is 9.68. The molecule has 45 heavy (non-hydrogen) atoms. The molecule has 6 rings (SSSR count). The summed E-state index contributed by atoms with van der Waals surface area (Å²) in [6.45, 7) is 5.25. The summed E-state index contributed by atoms with van der Waals surface area (Å²) in [4.78, 5) is 25.8. The van der Waals surface area contributed by atoms with Gasteiger partial charge in [0.2, 0.25) is 11.9 Å². The highest BCUT2D eigenvalue weighted by Crippen LogP contribution is 2.29. The zero-order valence-electron chi connectivity index (χ0n) is 23.5. The second kappa shape index (κ2) is 13.8. The molecule has 2 aliphatic rings. The quantitative estimate of drug-likeness (QED) is 0.298. The molecule has 2 aromatic carbocycles. The zero-order chi connectivity index (χ0) is 32.0. The van der Waals surface area contributed by atoms with Gasteiger partial charge in [-0.05, 0) is 42.5 Å². The van der Waals surface area contributed by atoms with Gasteiger partial charge in [0.05, 0.1) is 38.3 Å².